The van der Waals surface area contributed by atoms with Crippen molar-refractivity contribution in [3.05, 3.63) is 12.2 Å². The summed E-state index contributed by atoms with van der Waals surface area (Å²) in [5.41, 5.74) is -0.556. The normalized spacial score (nSPS) is 18.1. The van der Waals surface area contributed by atoms with Crippen molar-refractivity contribution in [2.75, 3.05) is 6.61 Å². The lowest BCUT2D eigenvalue weighted by atomic mass is 9.93. The van der Waals surface area contributed by atoms with Gasteiger partial charge >= 0.3 is 0 Å². The topological polar surface area (TPSA) is 57.0 Å². The number of aromatic nitrogens is 3. The summed E-state index contributed by atoms with van der Waals surface area (Å²) in [6.07, 6.45) is 5.68. The van der Waals surface area contributed by atoms with Crippen LogP contribution in [0.4, 0.5) is 0 Å². The van der Waals surface area contributed by atoms with Crippen LogP contribution in [0.2, 0.25) is 0 Å². The fraction of sp³-hybridized carbons (Fsp3) is 0.769. The quantitative estimate of drug-likeness (QED) is 0.773. The van der Waals surface area contributed by atoms with Crippen molar-refractivity contribution in [2.24, 2.45) is 0 Å². The maximum absolute atomic E-state index is 12.5. The maximum atomic E-state index is 12.5. The Labute approximate surface area is 108 Å². The first kappa shape index (κ1) is 13.2. The van der Waals surface area contributed by atoms with E-state index in [1.165, 1.54) is 6.33 Å². The van der Waals surface area contributed by atoms with E-state index < -0.39 is 5.60 Å². The molecule has 1 saturated carbocycles. The summed E-state index contributed by atoms with van der Waals surface area (Å²) in [6.45, 7) is 5.27. The number of aryl methyl sites for hydroxylation is 1. The summed E-state index contributed by atoms with van der Waals surface area (Å²) >= 11 is 0. The predicted octanol–water partition coefficient (Wildman–Crippen LogP) is 1.76. The van der Waals surface area contributed by atoms with Gasteiger partial charge in [0.15, 0.2) is 5.78 Å². The SMILES string of the molecule is CCOC1(C(=O)Cc2ncnn2CC)CCCC1. The Morgan fingerprint density at radius 2 is 2.17 bits per heavy atom. The average Bonchev–Trinajstić information content (AvgIpc) is 2.99. The van der Waals surface area contributed by atoms with E-state index >= 15 is 0 Å². The number of Topliss-reactive ketones (excluding diaryl/α,β-unsaturated/α-hetero) is 1. The number of carbonyl (C=O) groups excluding carboxylic acids is 1. The summed E-state index contributed by atoms with van der Waals surface area (Å²) in [5, 5.41) is 4.10. The van der Waals surface area contributed by atoms with Crippen LogP contribution in [0, 0.1) is 0 Å². The molecular weight excluding hydrogens is 230 g/mol. The van der Waals surface area contributed by atoms with Crippen molar-refractivity contribution >= 4 is 5.78 Å². The smallest absolute Gasteiger partial charge is 0.172 e. The molecule has 5 heteroatoms. The van der Waals surface area contributed by atoms with Crippen LogP contribution in [0.25, 0.3) is 0 Å². The Balaban J connectivity index is 2.10. The van der Waals surface area contributed by atoms with Crippen molar-refractivity contribution in [1.82, 2.24) is 14.8 Å². The molecule has 0 atom stereocenters. The lowest BCUT2D eigenvalue weighted by Crippen LogP contribution is -2.40. The highest BCUT2D eigenvalue weighted by Crippen LogP contribution is 2.34. The molecule has 0 amide bonds. The van der Waals surface area contributed by atoms with Crippen LogP contribution in [0.1, 0.15) is 45.4 Å². The van der Waals surface area contributed by atoms with Gasteiger partial charge in [-0.1, -0.05) is 0 Å². The first-order chi connectivity index (χ1) is 8.72. The maximum Gasteiger partial charge on any atom is 0.172 e. The van der Waals surface area contributed by atoms with Crippen LogP contribution in [0.3, 0.4) is 0 Å². The molecule has 0 bridgehead atoms. The Morgan fingerprint density at radius 3 is 2.78 bits per heavy atom. The van der Waals surface area contributed by atoms with Crippen LogP contribution in [-0.4, -0.2) is 32.8 Å². The molecule has 18 heavy (non-hydrogen) atoms. The zero-order chi connectivity index (χ0) is 13.0. The number of hydrogen-bond donors (Lipinski definition) is 0. The molecule has 0 saturated heterocycles. The highest BCUT2D eigenvalue weighted by Gasteiger charge is 2.41. The highest BCUT2D eigenvalue weighted by molar-refractivity contribution is 5.89. The third-order valence-electron chi connectivity index (χ3n) is 3.65. The van der Waals surface area contributed by atoms with Crippen molar-refractivity contribution < 1.29 is 9.53 Å². The van der Waals surface area contributed by atoms with Gasteiger partial charge in [0.25, 0.3) is 0 Å². The zero-order valence-electron chi connectivity index (χ0n) is 11.2. The summed E-state index contributed by atoms with van der Waals surface area (Å²) in [4.78, 5) is 16.7. The summed E-state index contributed by atoms with van der Waals surface area (Å²) in [6, 6.07) is 0. The minimum absolute atomic E-state index is 0.157. The Morgan fingerprint density at radius 1 is 1.44 bits per heavy atom. The molecule has 1 aliphatic carbocycles. The molecule has 1 fully saturated rings. The van der Waals surface area contributed by atoms with Gasteiger partial charge in [0, 0.05) is 13.2 Å². The molecule has 0 aromatic carbocycles. The van der Waals surface area contributed by atoms with Crippen LogP contribution < -0.4 is 0 Å². The van der Waals surface area contributed by atoms with Gasteiger partial charge in [-0.15, -0.1) is 0 Å². The number of ketones is 1. The van der Waals surface area contributed by atoms with Gasteiger partial charge in [-0.25, -0.2) is 9.67 Å². The van der Waals surface area contributed by atoms with Crippen LogP contribution in [0.15, 0.2) is 6.33 Å². The van der Waals surface area contributed by atoms with E-state index in [0.29, 0.717) is 13.0 Å². The van der Waals surface area contributed by atoms with Gasteiger partial charge in [0.05, 0.1) is 6.42 Å². The predicted molar refractivity (Wildman–Crippen MR) is 67.2 cm³/mol. The van der Waals surface area contributed by atoms with Gasteiger partial charge in [-0.05, 0) is 39.5 Å². The molecule has 2 rings (SSSR count). The summed E-state index contributed by atoms with van der Waals surface area (Å²) in [5.74, 6) is 0.901. The van der Waals surface area contributed by atoms with Gasteiger partial charge in [0.1, 0.15) is 17.8 Å². The van der Waals surface area contributed by atoms with E-state index in [-0.39, 0.29) is 5.78 Å². The first-order valence-electron chi connectivity index (χ1n) is 6.76. The van der Waals surface area contributed by atoms with E-state index in [0.717, 1.165) is 38.1 Å². The summed E-state index contributed by atoms with van der Waals surface area (Å²) in [7, 11) is 0. The first-order valence-corrected chi connectivity index (χ1v) is 6.76. The molecule has 1 heterocycles. The second-order valence-corrected chi connectivity index (χ2v) is 4.73. The van der Waals surface area contributed by atoms with Gasteiger partial charge in [0.2, 0.25) is 0 Å². The molecule has 100 valence electrons. The van der Waals surface area contributed by atoms with Gasteiger partial charge in [-0.2, -0.15) is 5.10 Å². The third kappa shape index (κ3) is 2.46. The van der Waals surface area contributed by atoms with E-state index in [9.17, 15) is 4.79 Å². The molecular formula is C13H21N3O2. The second-order valence-electron chi connectivity index (χ2n) is 4.73. The molecule has 1 aromatic rings. The summed E-state index contributed by atoms with van der Waals surface area (Å²) < 4.78 is 7.54. The largest absolute Gasteiger partial charge is 0.367 e. The van der Waals surface area contributed by atoms with Crippen LogP contribution >= 0.6 is 0 Å². The lowest BCUT2D eigenvalue weighted by Gasteiger charge is -2.27. The standard InChI is InChI=1S/C13H21N3O2/c1-3-16-12(14-10-15-16)9-11(17)13(18-4-2)7-5-6-8-13/h10H,3-9H2,1-2H3. The minimum Gasteiger partial charge on any atom is -0.367 e. The highest BCUT2D eigenvalue weighted by atomic mass is 16.5. The molecule has 0 spiro atoms. The van der Waals surface area contributed by atoms with E-state index in [2.05, 4.69) is 10.1 Å². The van der Waals surface area contributed by atoms with Crippen molar-refractivity contribution in [2.45, 2.75) is 58.1 Å². The Hall–Kier alpha value is -1.23. The fourth-order valence-electron chi connectivity index (χ4n) is 2.72. The number of rotatable bonds is 6. The van der Waals surface area contributed by atoms with E-state index in [1.807, 2.05) is 13.8 Å². The average molecular weight is 251 g/mol. The van der Waals surface area contributed by atoms with Crippen molar-refractivity contribution in [3.8, 4) is 0 Å². The molecule has 0 aliphatic heterocycles. The molecule has 0 radical (unpaired) electrons. The fourth-order valence-corrected chi connectivity index (χ4v) is 2.72. The Kier molecular flexibility index (Phi) is 4.11. The van der Waals surface area contributed by atoms with Crippen LogP contribution in [0.5, 0.6) is 0 Å². The van der Waals surface area contributed by atoms with Crippen LogP contribution in [-0.2, 0) is 22.5 Å². The number of hydrogen-bond acceptors (Lipinski definition) is 4. The van der Waals surface area contributed by atoms with Crippen molar-refractivity contribution in [1.29, 1.82) is 0 Å². The second kappa shape index (κ2) is 5.61. The number of ether oxygens (including phenoxy) is 1. The molecule has 5 nitrogen and oxygen atoms in total. The number of carbonyl (C=O) groups is 1. The molecule has 1 aliphatic rings. The minimum atomic E-state index is -0.556. The van der Waals surface area contributed by atoms with Gasteiger partial charge < -0.3 is 4.74 Å². The lowest BCUT2D eigenvalue weighted by molar-refractivity contribution is -0.143. The number of nitrogens with zero attached hydrogens (tertiary/aromatic N) is 3. The molecule has 0 unspecified atom stereocenters. The third-order valence-corrected chi connectivity index (χ3v) is 3.65. The molecule has 0 N–H and O–H groups in total. The Bertz CT molecular complexity index is 408. The van der Waals surface area contributed by atoms with E-state index in [4.69, 9.17) is 4.74 Å². The van der Waals surface area contributed by atoms with Gasteiger partial charge in [-0.3, -0.25) is 4.79 Å². The van der Waals surface area contributed by atoms with E-state index in [1.54, 1.807) is 4.68 Å². The zero-order valence-corrected chi connectivity index (χ0v) is 11.2. The van der Waals surface area contributed by atoms with Crippen molar-refractivity contribution in [3.63, 3.8) is 0 Å². The monoisotopic (exact) mass is 251 g/mol. The molecule has 1 aromatic heterocycles.